The van der Waals surface area contributed by atoms with Gasteiger partial charge in [-0.05, 0) is 57.9 Å². The lowest BCUT2D eigenvalue weighted by molar-refractivity contribution is -0.138. The van der Waals surface area contributed by atoms with E-state index in [0.29, 0.717) is 32.5 Å². The van der Waals surface area contributed by atoms with Gasteiger partial charge >= 0.3 is 6.18 Å². The van der Waals surface area contributed by atoms with Crippen molar-refractivity contribution in [2.45, 2.75) is 57.8 Å². The number of piperidine rings is 1. The molecule has 3 rings (SSSR count). The number of carbonyl (C=O) groups is 3. The summed E-state index contributed by atoms with van der Waals surface area (Å²) in [7, 11) is 0. The number of halogens is 3. The van der Waals surface area contributed by atoms with Crippen LogP contribution in [-0.4, -0.2) is 58.7 Å². The molecule has 0 aliphatic carbocycles. The van der Waals surface area contributed by atoms with E-state index in [4.69, 9.17) is 0 Å². The number of likely N-dealkylation sites (tertiary alicyclic amines) is 2. The van der Waals surface area contributed by atoms with E-state index < -0.39 is 17.6 Å². The Bertz CT molecular complexity index is 838. The van der Waals surface area contributed by atoms with Gasteiger partial charge in [0.15, 0.2) is 0 Å². The first-order valence-electron chi connectivity index (χ1n) is 10.4. The number of hydrogen-bond donors (Lipinski definition) is 1. The zero-order valence-corrected chi connectivity index (χ0v) is 18.0. The fraction of sp³-hybridized carbons (Fsp3) is 0.591. The van der Waals surface area contributed by atoms with Gasteiger partial charge in [-0.25, -0.2) is 0 Å². The Morgan fingerprint density at radius 2 is 1.61 bits per heavy atom. The lowest BCUT2D eigenvalue weighted by Crippen LogP contribution is -2.48. The molecule has 0 spiro atoms. The van der Waals surface area contributed by atoms with Crippen LogP contribution in [0, 0.1) is 5.92 Å². The molecule has 1 N–H and O–H groups in total. The molecule has 0 radical (unpaired) electrons. The summed E-state index contributed by atoms with van der Waals surface area (Å²) in [6, 6.07) is 3.94. The van der Waals surface area contributed by atoms with Gasteiger partial charge in [-0.15, -0.1) is 0 Å². The summed E-state index contributed by atoms with van der Waals surface area (Å²) in [6.07, 6.45) is -3.10. The Hall–Kier alpha value is -2.58. The van der Waals surface area contributed by atoms with Gasteiger partial charge in [0.1, 0.15) is 0 Å². The first kappa shape index (κ1) is 23.1. The number of carbonyl (C=O) groups excluding carboxylic acids is 3. The Morgan fingerprint density at radius 3 is 2.10 bits per heavy atom. The summed E-state index contributed by atoms with van der Waals surface area (Å²) in [5.74, 6) is -0.817. The molecule has 0 aromatic heterocycles. The Balaban J connectivity index is 1.50. The second-order valence-corrected chi connectivity index (χ2v) is 9.22. The van der Waals surface area contributed by atoms with Crippen LogP contribution in [0.1, 0.15) is 56.0 Å². The lowest BCUT2D eigenvalue weighted by atomic mass is 10.0. The molecule has 31 heavy (non-hydrogen) atoms. The van der Waals surface area contributed by atoms with Gasteiger partial charge in [-0.3, -0.25) is 14.4 Å². The third-order valence-electron chi connectivity index (χ3n) is 5.90. The van der Waals surface area contributed by atoms with Gasteiger partial charge in [0.25, 0.3) is 5.91 Å². The van der Waals surface area contributed by atoms with Crippen molar-refractivity contribution in [3.63, 3.8) is 0 Å². The second-order valence-electron chi connectivity index (χ2n) is 9.22. The predicted octanol–water partition coefficient (Wildman–Crippen LogP) is 3.07. The summed E-state index contributed by atoms with van der Waals surface area (Å²) < 4.78 is 38.0. The molecule has 2 aliphatic rings. The highest BCUT2D eigenvalue weighted by molar-refractivity contribution is 5.94. The van der Waals surface area contributed by atoms with Crippen molar-refractivity contribution >= 4 is 17.7 Å². The lowest BCUT2D eigenvalue weighted by Gasteiger charge is -2.35. The van der Waals surface area contributed by atoms with Gasteiger partial charge in [-0.2, -0.15) is 13.2 Å². The first-order valence-corrected chi connectivity index (χ1v) is 10.4. The summed E-state index contributed by atoms with van der Waals surface area (Å²) in [6.45, 7) is 7.20. The van der Waals surface area contributed by atoms with E-state index in [1.165, 1.54) is 0 Å². The molecular formula is C22H28F3N3O3. The molecule has 1 unspecified atom stereocenters. The Kier molecular flexibility index (Phi) is 6.34. The quantitative estimate of drug-likeness (QED) is 0.787. The fourth-order valence-corrected chi connectivity index (χ4v) is 4.10. The minimum atomic E-state index is -4.44. The maximum atomic E-state index is 12.8. The van der Waals surface area contributed by atoms with Gasteiger partial charge < -0.3 is 15.1 Å². The maximum absolute atomic E-state index is 12.8. The van der Waals surface area contributed by atoms with Crippen LogP contribution in [0.25, 0.3) is 0 Å². The minimum Gasteiger partial charge on any atom is -0.349 e. The van der Waals surface area contributed by atoms with Crippen LogP contribution in [0.15, 0.2) is 24.3 Å². The van der Waals surface area contributed by atoms with E-state index in [-0.39, 0.29) is 41.3 Å². The number of nitrogens with zero attached hydrogens (tertiary/aromatic N) is 2. The zero-order chi connectivity index (χ0) is 23.0. The average molecular weight is 439 g/mol. The third kappa shape index (κ3) is 5.37. The molecule has 9 heteroatoms. The van der Waals surface area contributed by atoms with E-state index in [1.807, 2.05) is 20.8 Å². The number of rotatable bonds is 3. The average Bonchev–Trinajstić information content (AvgIpc) is 3.09. The molecule has 3 amide bonds. The number of hydrogen-bond acceptors (Lipinski definition) is 3. The van der Waals surface area contributed by atoms with Crippen LogP contribution in [0.4, 0.5) is 13.2 Å². The highest BCUT2D eigenvalue weighted by Gasteiger charge is 2.41. The second kappa shape index (κ2) is 8.51. The maximum Gasteiger partial charge on any atom is 0.416 e. The minimum absolute atomic E-state index is 0.00968. The van der Waals surface area contributed by atoms with E-state index in [9.17, 15) is 27.6 Å². The number of nitrogens with one attached hydrogen (secondary N) is 1. The van der Waals surface area contributed by atoms with Crippen LogP contribution in [0.5, 0.6) is 0 Å². The van der Waals surface area contributed by atoms with Gasteiger partial charge in [0, 0.05) is 43.2 Å². The van der Waals surface area contributed by atoms with Crippen LogP contribution >= 0.6 is 0 Å². The molecule has 2 fully saturated rings. The van der Waals surface area contributed by atoms with Crippen molar-refractivity contribution in [1.82, 2.24) is 15.1 Å². The molecular weight excluding hydrogens is 411 g/mol. The summed E-state index contributed by atoms with van der Waals surface area (Å²) in [5.41, 5.74) is -0.952. The standard InChI is InChI=1S/C22H28F3N3O3/c1-21(2,3)28-13-15(12-18(28)29)20(31)27-10-8-17(9-11-27)26-19(30)14-4-6-16(7-5-14)22(23,24)25/h4-7,15,17H,8-13H2,1-3H3,(H,26,30). The number of amides is 3. The van der Waals surface area contributed by atoms with Crippen molar-refractivity contribution in [2.24, 2.45) is 5.92 Å². The third-order valence-corrected chi connectivity index (χ3v) is 5.90. The molecule has 2 heterocycles. The van der Waals surface area contributed by atoms with Crippen LogP contribution in [-0.2, 0) is 15.8 Å². The van der Waals surface area contributed by atoms with Crippen molar-refractivity contribution in [3.8, 4) is 0 Å². The monoisotopic (exact) mass is 439 g/mol. The van der Waals surface area contributed by atoms with Crippen molar-refractivity contribution in [2.75, 3.05) is 19.6 Å². The molecule has 0 saturated carbocycles. The van der Waals surface area contributed by atoms with E-state index >= 15 is 0 Å². The van der Waals surface area contributed by atoms with Gasteiger partial charge in [-0.1, -0.05) is 0 Å². The van der Waals surface area contributed by atoms with Crippen molar-refractivity contribution < 1.29 is 27.6 Å². The van der Waals surface area contributed by atoms with Crippen LogP contribution in [0.3, 0.4) is 0 Å². The molecule has 1 aromatic rings. The zero-order valence-electron chi connectivity index (χ0n) is 18.0. The Labute approximate surface area is 179 Å². The van der Waals surface area contributed by atoms with Gasteiger partial charge in [0.2, 0.25) is 11.8 Å². The summed E-state index contributed by atoms with van der Waals surface area (Å²) in [5, 5.41) is 2.84. The van der Waals surface area contributed by atoms with Crippen LogP contribution in [0.2, 0.25) is 0 Å². The fourth-order valence-electron chi connectivity index (χ4n) is 4.10. The van der Waals surface area contributed by atoms with Crippen molar-refractivity contribution in [3.05, 3.63) is 35.4 Å². The predicted molar refractivity (Wildman–Crippen MR) is 108 cm³/mol. The SMILES string of the molecule is CC(C)(C)N1CC(C(=O)N2CCC(NC(=O)c3ccc(C(F)(F)F)cc3)CC2)CC1=O. The molecule has 1 atom stereocenters. The molecule has 2 aliphatic heterocycles. The summed E-state index contributed by atoms with van der Waals surface area (Å²) in [4.78, 5) is 40.9. The van der Waals surface area contributed by atoms with E-state index in [2.05, 4.69) is 5.32 Å². The molecule has 2 saturated heterocycles. The highest BCUT2D eigenvalue weighted by atomic mass is 19.4. The van der Waals surface area contributed by atoms with E-state index in [0.717, 1.165) is 24.3 Å². The number of benzene rings is 1. The van der Waals surface area contributed by atoms with E-state index in [1.54, 1.807) is 9.80 Å². The molecule has 170 valence electrons. The first-order chi connectivity index (χ1) is 14.4. The molecule has 0 bridgehead atoms. The smallest absolute Gasteiger partial charge is 0.349 e. The topological polar surface area (TPSA) is 69.7 Å². The summed E-state index contributed by atoms with van der Waals surface area (Å²) >= 11 is 0. The highest BCUT2D eigenvalue weighted by Crippen LogP contribution is 2.30. The van der Waals surface area contributed by atoms with Gasteiger partial charge in [0.05, 0.1) is 11.5 Å². The largest absolute Gasteiger partial charge is 0.416 e. The van der Waals surface area contributed by atoms with Crippen molar-refractivity contribution in [1.29, 1.82) is 0 Å². The molecule has 6 nitrogen and oxygen atoms in total. The van der Waals surface area contributed by atoms with Crippen LogP contribution < -0.4 is 5.32 Å². The normalized spacial score (nSPS) is 20.8. The molecule has 1 aromatic carbocycles. The number of alkyl halides is 3. The Morgan fingerprint density at radius 1 is 1.03 bits per heavy atom.